The molecule has 3 aromatic rings. The van der Waals surface area contributed by atoms with Gasteiger partial charge in [-0.3, -0.25) is 14.6 Å². The summed E-state index contributed by atoms with van der Waals surface area (Å²) in [4.78, 5) is 30.0. The number of hydrogen-bond donors (Lipinski definition) is 3. The van der Waals surface area contributed by atoms with E-state index in [1.807, 2.05) is 36.4 Å². The number of thioether (sulfide) groups is 1. The number of amides is 2. The highest BCUT2D eigenvalue weighted by Gasteiger charge is 2.35. The fraction of sp³-hybridized carbons (Fsp3) is 0.370. The van der Waals surface area contributed by atoms with E-state index in [0.717, 1.165) is 39.2 Å². The molecule has 8 heteroatoms. The van der Waals surface area contributed by atoms with Crippen LogP contribution in [0.2, 0.25) is 0 Å². The molecular weight excluding hydrogens is 462 g/mol. The Kier molecular flexibility index (Phi) is 6.67. The minimum absolute atomic E-state index is 0.0311. The molecule has 0 atom stereocenters. The zero-order valence-corrected chi connectivity index (χ0v) is 20.5. The predicted molar refractivity (Wildman–Crippen MR) is 138 cm³/mol. The maximum atomic E-state index is 12.9. The van der Waals surface area contributed by atoms with Gasteiger partial charge in [-0.2, -0.15) is 0 Å². The highest BCUT2D eigenvalue weighted by molar-refractivity contribution is 8.00. The summed E-state index contributed by atoms with van der Waals surface area (Å²) < 4.78 is 5.33. The number of anilines is 2. The SMILES string of the molecule is COc1cnc2cccc(CCC3(O)CCC(C(=O)Nc4ccc5c(c4)NC(=O)CS5)CC3)c2c1. The van der Waals surface area contributed by atoms with E-state index in [-0.39, 0.29) is 17.7 Å². The number of aryl methyl sites for hydroxylation is 1. The summed E-state index contributed by atoms with van der Waals surface area (Å²) in [6.45, 7) is 0. The van der Waals surface area contributed by atoms with Crippen molar-refractivity contribution in [2.45, 2.75) is 49.0 Å². The van der Waals surface area contributed by atoms with Gasteiger partial charge in [0.1, 0.15) is 5.75 Å². The van der Waals surface area contributed by atoms with Crippen LogP contribution in [0, 0.1) is 5.92 Å². The van der Waals surface area contributed by atoms with Crippen molar-refractivity contribution < 1.29 is 19.4 Å². The third kappa shape index (κ3) is 5.28. The Hall–Kier alpha value is -3.10. The van der Waals surface area contributed by atoms with Crippen LogP contribution in [0.3, 0.4) is 0 Å². The molecule has 0 spiro atoms. The summed E-state index contributed by atoms with van der Waals surface area (Å²) in [5, 5.41) is 18.1. The van der Waals surface area contributed by atoms with E-state index in [0.29, 0.717) is 43.5 Å². The average Bonchev–Trinajstić information content (AvgIpc) is 2.87. The lowest BCUT2D eigenvalue weighted by Gasteiger charge is -2.35. The van der Waals surface area contributed by atoms with Crippen molar-refractivity contribution in [3.8, 4) is 5.75 Å². The first kappa shape index (κ1) is 23.6. The van der Waals surface area contributed by atoms with Crippen LogP contribution in [-0.4, -0.2) is 40.4 Å². The lowest BCUT2D eigenvalue weighted by Crippen LogP contribution is -2.38. The second kappa shape index (κ2) is 9.87. The van der Waals surface area contributed by atoms with Gasteiger partial charge in [-0.25, -0.2) is 0 Å². The molecule has 1 fully saturated rings. The largest absolute Gasteiger partial charge is 0.495 e. The van der Waals surface area contributed by atoms with Crippen LogP contribution in [0.25, 0.3) is 10.9 Å². The molecule has 1 aliphatic carbocycles. The molecule has 1 saturated carbocycles. The molecule has 0 saturated heterocycles. The summed E-state index contributed by atoms with van der Waals surface area (Å²) >= 11 is 1.50. The number of nitrogens with one attached hydrogen (secondary N) is 2. The van der Waals surface area contributed by atoms with Crippen molar-refractivity contribution in [2.24, 2.45) is 5.92 Å². The quantitative estimate of drug-likeness (QED) is 0.459. The van der Waals surface area contributed by atoms with Crippen molar-refractivity contribution >= 4 is 45.9 Å². The van der Waals surface area contributed by atoms with E-state index in [4.69, 9.17) is 4.74 Å². The van der Waals surface area contributed by atoms with E-state index >= 15 is 0 Å². The number of fused-ring (bicyclic) bond motifs is 2. The average molecular weight is 492 g/mol. The van der Waals surface area contributed by atoms with E-state index in [1.165, 1.54) is 11.8 Å². The van der Waals surface area contributed by atoms with Gasteiger partial charge in [0, 0.05) is 21.9 Å². The summed E-state index contributed by atoms with van der Waals surface area (Å²) in [6, 6.07) is 13.6. The number of ether oxygens (including phenoxy) is 1. The third-order valence-corrected chi connectivity index (χ3v) is 8.13. The molecule has 182 valence electrons. The van der Waals surface area contributed by atoms with Crippen LogP contribution in [0.1, 0.15) is 37.7 Å². The Balaban J connectivity index is 1.18. The molecule has 2 amide bonds. The maximum absolute atomic E-state index is 12.9. The van der Waals surface area contributed by atoms with Gasteiger partial charge >= 0.3 is 0 Å². The fourth-order valence-electron chi connectivity index (χ4n) is 4.96. The van der Waals surface area contributed by atoms with Crippen molar-refractivity contribution in [3.63, 3.8) is 0 Å². The zero-order valence-electron chi connectivity index (χ0n) is 19.7. The molecule has 3 N–H and O–H groups in total. The Morgan fingerprint density at radius 1 is 1.26 bits per heavy atom. The van der Waals surface area contributed by atoms with Gasteiger partial charge in [-0.1, -0.05) is 12.1 Å². The number of aliphatic hydroxyl groups is 1. The minimum Gasteiger partial charge on any atom is -0.495 e. The van der Waals surface area contributed by atoms with Crippen LogP contribution in [-0.2, 0) is 16.0 Å². The lowest BCUT2D eigenvalue weighted by molar-refractivity contribution is -0.122. The van der Waals surface area contributed by atoms with Crippen LogP contribution in [0.15, 0.2) is 53.6 Å². The Morgan fingerprint density at radius 2 is 2.09 bits per heavy atom. The summed E-state index contributed by atoms with van der Waals surface area (Å²) in [6.07, 6.45) is 5.56. The van der Waals surface area contributed by atoms with E-state index in [1.54, 1.807) is 13.3 Å². The number of nitrogens with zero attached hydrogens (tertiary/aromatic N) is 1. The molecule has 1 aliphatic heterocycles. The Bertz CT molecular complexity index is 1270. The second-order valence-electron chi connectivity index (χ2n) is 9.39. The molecule has 0 bridgehead atoms. The highest BCUT2D eigenvalue weighted by atomic mass is 32.2. The van der Waals surface area contributed by atoms with E-state index in [2.05, 4.69) is 21.7 Å². The highest BCUT2D eigenvalue weighted by Crippen LogP contribution is 2.37. The van der Waals surface area contributed by atoms with E-state index in [9.17, 15) is 14.7 Å². The molecule has 0 radical (unpaired) electrons. The number of carbonyl (C=O) groups is 2. The molecule has 5 rings (SSSR count). The van der Waals surface area contributed by atoms with Crippen LogP contribution in [0.4, 0.5) is 11.4 Å². The number of benzene rings is 2. The molecule has 7 nitrogen and oxygen atoms in total. The standard InChI is InChI=1S/C27H29N3O4S/c1-34-20-14-21-17(3-2-4-22(21)28-15-20)7-10-27(33)11-8-18(9-12-27)26(32)29-19-5-6-24-23(13-19)30-25(31)16-35-24/h2-6,13-15,18,33H,7-12,16H2,1H3,(H,29,32)(H,30,31). The third-order valence-electron chi connectivity index (χ3n) is 7.05. The van der Waals surface area contributed by atoms with Crippen molar-refractivity contribution in [2.75, 3.05) is 23.5 Å². The van der Waals surface area contributed by atoms with Crippen molar-refractivity contribution in [3.05, 3.63) is 54.2 Å². The fourth-order valence-corrected chi connectivity index (χ4v) is 5.75. The van der Waals surface area contributed by atoms with Gasteiger partial charge in [0.05, 0.1) is 35.9 Å². The van der Waals surface area contributed by atoms with Crippen LogP contribution < -0.4 is 15.4 Å². The Labute approximate surface area is 208 Å². The van der Waals surface area contributed by atoms with Gasteiger partial charge in [0.15, 0.2) is 0 Å². The number of rotatable bonds is 6. The second-order valence-corrected chi connectivity index (χ2v) is 10.4. The smallest absolute Gasteiger partial charge is 0.234 e. The maximum Gasteiger partial charge on any atom is 0.234 e. The van der Waals surface area contributed by atoms with Crippen molar-refractivity contribution in [1.82, 2.24) is 4.98 Å². The van der Waals surface area contributed by atoms with Gasteiger partial charge in [-0.05, 0) is 74.4 Å². The molecule has 2 aromatic carbocycles. The van der Waals surface area contributed by atoms with Gasteiger partial charge in [0.25, 0.3) is 0 Å². The molecule has 2 heterocycles. The molecule has 2 aliphatic rings. The van der Waals surface area contributed by atoms with Crippen LogP contribution >= 0.6 is 11.8 Å². The van der Waals surface area contributed by atoms with Gasteiger partial charge in [-0.15, -0.1) is 11.8 Å². The lowest BCUT2D eigenvalue weighted by atomic mass is 9.75. The number of methoxy groups -OCH3 is 1. The minimum atomic E-state index is -0.779. The van der Waals surface area contributed by atoms with Crippen molar-refractivity contribution in [1.29, 1.82) is 0 Å². The first-order valence-electron chi connectivity index (χ1n) is 11.9. The normalized spacial score (nSPS) is 21.8. The molecular formula is C27H29N3O4S. The molecule has 1 aromatic heterocycles. The monoisotopic (exact) mass is 491 g/mol. The number of aromatic nitrogens is 1. The van der Waals surface area contributed by atoms with E-state index < -0.39 is 5.60 Å². The number of carbonyl (C=O) groups excluding carboxylic acids is 2. The Morgan fingerprint density at radius 3 is 2.89 bits per heavy atom. The molecule has 35 heavy (non-hydrogen) atoms. The number of pyridine rings is 1. The first-order valence-corrected chi connectivity index (χ1v) is 12.9. The summed E-state index contributed by atoms with van der Waals surface area (Å²) in [5.74, 6) is 0.928. The zero-order chi connectivity index (χ0) is 24.4. The topological polar surface area (TPSA) is 101 Å². The first-order chi connectivity index (χ1) is 16.9. The molecule has 0 unspecified atom stereocenters. The van der Waals surface area contributed by atoms with Gasteiger partial charge in [0.2, 0.25) is 11.8 Å². The number of hydrogen-bond acceptors (Lipinski definition) is 6. The van der Waals surface area contributed by atoms with Crippen LogP contribution in [0.5, 0.6) is 5.75 Å². The predicted octanol–water partition coefficient (Wildman–Crippen LogP) is 4.78. The summed E-state index contributed by atoms with van der Waals surface area (Å²) in [5.41, 5.74) is 2.69. The van der Waals surface area contributed by atoms with Gasteiger partial charge < -0.3 is 20.5 Å². The summed E-state index contributed by atoms with van der Waals surface area (Å²) in [7, 11) is 1.63.